The Bertz CT molecular complexity index is 807. The first kappa shape index (κ1) is 14.0. The Labute approximate surface area is 134 Å². The number of benzene rings is 1. The minimum absolute atomic E-state index is 0.0387. The summed E-state index contributed by atoms with van der Waals surface area (Å²) in [4.78, 5) is 18.7. The Balaban J connectivity index is 1.82. The third kappa shape index (κ3) is 1.98. The van der Waals surface area contributed by atoms with Gasteiger partial charge in [-0.3, -0.25) is 15.1 Å². The van der Waals surface area contributed by atoms with Crippen LogP contribution in [0.1, 0.15) is 18.4 Å². The highest BCUT2D eigenvalue weighted by molar-refractivity contribution is 6.08. The van der Waals surface area contributed by atoms with Gasteiger partial charge in [0.2, 0.25) is 0 Å². The SMILES string of the molecule is CN1C(=N)NC(c2cccc(-c3cn(C)cn3)c2)(C2CC2)C1=O. The maximum Gasteiger partial charge on any atom is 0.259 e. The largest absolute Gasteiger partial charge is 0.340 e. The topological polar surface area (TPSA) is 74.0 Å². The number of hydrogen-bond donors (Lipinski definition) is 2. The average Bonchev–Trinajstić information content (AvgIpc) is 3.27. The molecule has 1 amide bonds. The second-order valence-corrected chi connectivity index (χ2v) is 6.43. The molecule has 1 atom stereocenters. The molecule has 0 bridgehead atoms. The summed E-state index contributed by atoms with van der Waals surface area (Å²) in [5.74, 6) is 0.382. The van der Waals surface area contributed by atoms with Crippen molar-refractivity contribution in [2.24, 2.45) is 13.0 Å². The second-order valence-electron chi connectivity index (χ2n) is 6.43. The molecule has 0 radical (unpaired) electrons. The van der Waals surface area contributed by atoms with E-state index in [0.29, 0.717) is 0 Å². The zero-order valence-corrected chi connectivity index (χ0v) is 13.2. The predicted octanol–water partition coefficient (Wildman–Crippen LogP) is 1.69. The summed E-state index contributed by atoms with van der Waals surface area (Å²) in [5.41, 5.74) is 1.99. The van der Waals surface area contributed by atoms with Crippen LogP contribution in [0.2, 0.25) is 0 Å². The number of likely N-dealkylation sites (N-methyl/N-ethyl adjacent to an activating group) is 1. The Kier molecular flexibility index (Phi) is 2.85. The van der Waals surface area contributed by atoms with E-state index >= 15 is 0 Å². The number of carbonyl (C=O) groups excluding carboxylic acids is 1. The van der Waals surface area contributed by atoms with Crippen molar-refractivity contribution in [3.8, 4) is 11.3 Å². The number of nitrogens with one attached hydrogen (secondary N) is 2. The van der Waals surface area contributed by atoms with Gasteiger partial charge < -0.3 is 9.88 Å². The minimum Gasteiger partial charge on any atom is -0.340 e. The molecule has 1 saturated carbocycles. The van der Waals surface area contributed by atoms with Crippen molar-refractivity contribution in [3.05, 3.63) is 42.4 Å². The Morgan fingerprint density at radius 2 is 2.13 bits per heavy atom. The standard InChI is InChI=1S/C17H19N5O/c1-21-9-14(19-10-21)11-4-3-5-13(8-11)17(12-6-7-12)15(23)22(2)16(18)20-17/h3-5,8-10,12H,6-7H2,1-2H3,(H2,18,20). The van der Waals surface area contributed by atoms with E-state index in [4.69, 9.17) is 5.41 Å². The van der Waals surface area contributed by atoms with E-state index in [1.165, 1.54) is 4.90 Å². The molecular formula is C17H19N5O. The summed E-state index contributed by atoms with van der Waals surface area (Å²) in [6.07, 6.45) is 5.74. The van der Waals surface area contributed by atoms with Gasteiger partial charge >= 0.3 is 0 Å². The van der Waals surface area contributed by atoms with Gasteiger partial charge in [0.05, 0.1) is 12.0 Å². The van der Waals surface area contributed by atoms with Crippen LogP contribution in [-0.2, 0) is 17.4 Å². The highest BCUT2D eigenvalue weighted by Crippen LogP contribution is 2.49. The number of guanidine groups is 1. The Morgan fingerprint density at radius 3 is 2.70 bits per heavy atom. The molecule has 1 unspecified atom stereocenters. The molecule has 2 fully saturated rings. The van der Waals surface area contributed by atoms with E-state index < -0.39 is 5.54 Å². The lowest BCUT2D eigenvalue weighted by Gasteiger charge is -2.27. The van der Waals surface area contributed by atoms with E-state index in [1.54, 1.807) is 13.4 Å². The van der Waals surface area contributed by atoms with Crippen LogP contribution in [-0.4, -0.2) is 33.4 Å². The summed E-state index contributed by atoms with van der Waals surface area (Å²) in [6, 6.07) is 7.96. The Hall–Kier alpha value is -2.63. The van der Waals surface area contributed by atoms with Gasteiger partial charge in [0.25, 0.3) is 5.91 Å². The van der Waals surface area contributed by atoms with Gasteiger partial charge in [-0.15, -0.1) is 0 Å². The predicted molar refractivity (Wildman–Crippen MR) is 86.7 cm³/mol. The van der Waals surface area contributed by atoms with Gasteiger partial charge in [-0.2, -0.15) is 0 Å². The van der Waals surface area contributed by atoms with Crippen molar-refractivity contribution >= 4 is 11.9 Å². The van der Waals surface area contributed by atoms with Crippen molar-refractivity contribution in [1.29, 1.82) is 5.41 Å². The number of imidazole rings is 1. The number of aryl methyl sites for hydroxylation is 1. The first-order valence-electron chi connectivity index (χ1n) is 7.76. The maximum absolute atomic E-state index is 12.9. The molecule has 23 heavy (non-hydrogen) atoms. The molecule has 1 aliphatic heterocycles. The zero-order chi connectivity index (χ0) is 16.2. The van der Waals surface area contributed by atoms with Gasteiger partial charge in [-0.1, -0.05) is 18.2 Å². The van der Waals surface area contributed by atoms with Crippen molar-refractivity contribution in [2.75, 3.05) is 7.05 Å². The molecule has 1 saturated heterocycles. The van der Waals surface area contributed by atoms with Crippen molar-refractivity contribution in [1.82, 2.24) is 19.8 Å². The van der Waals surface area contributed by atoms with E-state index in [2.05, 4.69) is 10.3 Å². The summed E-state index contributed by atoms with van der Waals surface area (Å²) in [5, 5.41) is 11.2. The number of amides is 1. The molecule has 2 heterocycles. The van der Waals surface area contributed by atoms with E-state index in [9.17, 15) is 4.79 Å². The molecule has 2 aliphatic rings. The molecule has 1 aromatic heterocycles. The first-order chi connectivity index (χ1) is 11.0. The van der Waals surface area contributed by atoms with E-state index in [1.807, 2.05) is 42.1 Å². The zero-order valence-electron chi connectivity index (χ0n) is 13.2. The van der Waals surface area contributed by atoms with Crippen LogP contribution in [0.4, 0.5) is 0 Å². The molecular weight excluding hydrogens is 290 g/mol. The number of carbonyl (C=O) groups is 1. The smallest absolute Gasteiger partial charge is 0.259 e. The van der Waals surface area contributed by atoms with Crippen LogP contribution >= 0.6 is 0 Å². The van der Waals surface area contributed by atoms with Gasteiger partial charge in [-0.05, 0) is 30.4 Å². The number of nitrogens with zero attached hydrogens (tertiary/aromatic N) is 3. The monoisotopic (exact) mass is 309 g/mol. The normalized spacial score (nSPS) is 24.2. The molecule has 2 N–H and O–H groups in total. The first-order valence-corrected chi connectivity index (χ1v) is 7.76. The summed E-state index contributed by atoms with van der Waals surface area (Å²) < 4.78 is 1.90. The Morgan fingerprint density at radius 1 is 1.35 bits per heavy atom. The van der Waals surface area contributed by atoms with Crippen LogP contribution in [0.25, 0.3) is 11.3 Å². The third-order valence-corrected chi connectivity index (χ3v) is 4.80. The lowest BCUT2D eigenvalue weighted by molar-refractivity contribution is -0.131. The highest BCUT2D eigenvalue weighted by atomic mass is 16.2. The average molecular weight is 309 g/mol. The van der Waals surface area contributed by atoms with Crippen molar-refractivity contribution < 1.29 is 4.79 Å². The molecule has 6 heteroatoms. The lowest BCUT2D eigenvalue weighted by Crippen LogP contribution is -2.46. The van der Waals surface area contributed by atoms with Gasteiger partial charge in [0.15, 0.2) is 5.96 Å². The van der Waals surface area contributed by atoms with E-state index in [0.717, 1.165) is 29.7 Å². The van der Waals surface area contributed by atoms with Crippen LogP contribution in [0.3, 0.4) is 0 Å². The van der Waals surface area contributed by atoms with Crippen molar-refractivity contribution in [2.45, 2.75) is 18.4 Å². The fraction of sp³-hybridized carbons (Fsp3) is 0.353. The van der Waals surface area contributed by atoms with Crippen molar-refractivity contribution in [3.63, 3.8) is 0 Å². The van der Waals surface area contributed by atoms with Crippen LogP contribution in [0.5, 0.6) is 0 Å². The molecule has 2 aromatic rings. The van der Waals surface area contributed by atoms with E-state index in [-0.39, 0.29) is 17.8 Å². The third-order valence-electron chi connectivity index (χ3n) is 4.80. The molecule has 6 nitrogen and oxygen atoms in total. The maximum atomic E-state index is 12.9. The lowest BCUT2D eigenvalue weighted by atomic mass is 9.84. The molecule has 118 valence electrons. The van der Waals surface area contributed by atoms with Crippen LogP contribution < -0.4 is 5.32 Å². The van der Waals surface area contributed by atoms with Crippen LogP contribution in [0.15, 0.2) is 36.8 Å². The fourth-order valence-electron chi connectivity index (χ4n) is 3.40. The quantitative estimate of drug-likeness (QED) is 0.906. The molecule has 0 spiro atoms. The van der Waals surface area contributed by atoms with Gasteiger partial charge in [0.1, 0.15) is 5.54 Å². The number of rotatable bonds is 3. The number of hydrogen-bond acceptors (Lipinski definition) is 3. The van der Waals surface area contributed by atoms with Gasteiger partial charge in [-0.25, -0.2) is 4.98 Å². The molecule has 1 aliphatic carbocycles. The summed E-state index contributed by atoms with van der Waals surface area (Å²) >= 11 is 0. The minimum atomic E-state index is -0.795. The van der Waals surface area contributed by atoms with Crippen LogP contribution in [0, 0.1) is 11.3 Å². The highest BCUT2D eigenvalue weighted by Gasteiger charge is 2.58. The number of aromatic nitrogens is 2. The van der Waals surface area contributed by atoms with Gasteiger partial charge in [0, 0.05) is 25.9 Å². The summed E-state index contributed by atoms with van der Waals surface area (Å²) in [6.45, 7) is 0. The second kappa shape index (κ2) is 4.68. The fourth-order valence-corrected chi connectivity index (χ4v) is 3.40. The molecule has 4 rings (SSSR count). The summed E-state index contributed by atoms with van der Waals surface area (Å²) in [7, 11) is 3.59. The molecule has 1 aromatic carbocycles.